The molecule has 0 unspecified atom stereocenters. The summed E-state index contributed by atoms with van der Waals surface area (Å²) in [5, 5.41) is 0.0402. The van der Waals surface area contributed by atoms with Crippen LogP contribution in [-0.2, 0) is 14.6 Å². The summed E-state index contributed by atoms with van der Waals surface area (Å²) in [7, 11) is -3.87. The van der Waals surface area contributed by atoms with Crippen molar-refractivity contribution < 1.29 is 22.0 Å². The zero-order valence-corrected chi connectivity index (χ0v) is 24.1. The molecule has 0 bridgehead atoms. The van der Waals surface area contributed by atoms with Crippen LogP contribution in [0.15, 0.2) is 70.9 Å². The van der Waals surface area contributed by atoms with Crippen LogP contribution in [0.5, 0.6) is 0 Å². The number of amides is 1. The predicted molar refractivity (Wildman–Crippen MR) is 158 cm³/mol. The molecule has 1 aliphatic heterocycles. The number of rotatable bonds is 6. The number of sulfone groups is 1. The zero-order valence-electron chi connectivity index (χ0n) is 23.3. The molecule has 5 rings (SSSR count). The Labute approximate surface area is 246 Å². The fraction of sp³-hybridized carbons (Fsp3) is 0.233. The second-order valence-corrected chi connectivity index (χ2v) is 12.1. The molecule has 43 heavy (non-hydrogen) atoms. The summed E-state index contributed by atoms with van der Waals surface area (Å²) in [5.74, 6) is -1.96. The van der Waals surface area contributed by atoms with Gasteiger partial charge in [-0.1, -0.05) is 30.8 Å². The van der Waals surface area contributed by atoms with Gasteiger partial charge in [0.15, 0.2) is 15.5 Å². The second-order valence-electron chi connectivity index (χ2n) is 10.1. The lowest BCUT2D eigenvalue weighted by Gasteiger charge is -2.40. The van der Waals surface area contributed by atoms with E-state index in [1.807, 2.05) is 0 Å². The Morgan fingerprint density at radius 3 is 2.56 bits per heavy atom. The molecule has 10 nitrogen and oxygen atoms in total. The summed E-state index contributed by atoms with van der Waals surface area (Å²) >= 11 is 0. The topological polar surface area (TPSA) is 110 Å². The highest BCUT2D eigenvalue weighted by Gasteiger charge is 2.34. The van der Waals surface area contributed by atoms with Crippen molar-refractivity contribution in [3.63, 3.8) is 0 Å². The number of halogens is 2. The molecule has 220 valence electrons. The zero-order chi connectivity index (χ0) is 31.1. The number of nitrogens with zero attached hydrogens (tertiary/aromatic N) is 6. The molecule has 13 heteroatoms. The monoisotopic (exact) mass is 604 g/mol. The van der Waals surface area contributed by atoms with Gasteiger partial charge >= 0.3 is 5.69 Å². The van der Waals surface area contributed by atoms with Crippen molar-refractivity contribution >= 4 is 32.6 Å². The largest absolute Gasteiger partial charge is 0.355 e. The minimum Gasteiger partial charge on any atom is -0.342 e. The summed E-state index contributed by atoms with van der Waals surface area (Å²) in [4.78, 5) is 41.4. The first-order valence-corrected chi connectivity index (χ1v) is 15.0. The molecular weight excluding hydrogens is 578 g/mol. The van der Waals surface area contributed by atoms with E-state index < -0.39 is 33.2 Å². The molecule has 2 aromatic carbocycles. The van der Waals surface area contributed by atoms with Crippen LogP contribution < -0.4 is 10.6 Å². The second kappa shape index (κ2) is 11.4. The molecule has 2 aromatic heterocycles. The maximum atomic E-state index is 15.8. The Kier molecular flexibility index (Phi) is 7.81. The Bertz CT molecular complexity index is 2000. The van der Waals surface area contributed by atoms with E-state index in [-0.39, 0.29) is 70.8 Å². The molecule has 0 spiro atoms. The lowest BCUT2D eigenvalue weighted by Crippen LogP contribution is -2.56. The fourth-order valence-corrected chi connectivity index (χ4v) is 6.24. The van der Waals surface area contributed by atoms with Crippen LogP contribution in [0.1, 0.15) is 5.56 Å². The molecule has 0 radical (unpaired) electrons. The summed E-state index contributed by atoms with van der Waals surface area (Å²) in [6, 6.07) is 10.4. The third-order valence-electron chi connectivity index (χ3n) is 7.30. The van der Waals surface area contributed by atoms with Gasteiger partial charge < -0.3 is 14.6 Å². The quantitative estimate of drug-likeness (QED) is 0.245. The first-order chi connectivity index (χ1) is 20.5. The molecule has 1 atom stereocenters. The number of piperazine rings is 1. The molecule has 0 N–H and O–H groups in total. The van der Waals surface area contributed by atoms with Gasteiger partial charge in [0.2, 0.25) is 12.5 Å². The molecule has 0 saturated carbocycles. The first-order valence-electron chi connectivity index (χ1n) is 13.2. The van der Waals surface area contributed by atoms with Crippen LogP contribution in [0.2, 0.25) is 0 Å². The molecule has 1 aliphatic rings. The summed E-state index contributed by atoms with van der Waals surface area (Å²) in [5.41, 5.74) is -1.22. The van der Waals surface area contributed by atoms with E-state index in [0.717, 1.165) is 23.0 Å². The molecule has 4 aromatic rings. The van der Waals surface area contributed by atoms with Crippen molar-refractivity contribution in [2.45, 2.75) is 17.9 Å². The average Bonchev–Trinajstić information content (AvgIpc) is 2.97. The highest BCUT2D eigenvalue weighted by molar-refractivity contribution is 7.90. The lowest BCUT2D eigenvalue weighted by molar-refractivity contribution is -0.126. The van der Waals surface area contributed by atoms with E-state index in [2.05, 4.69) is 21.4 Å². The van der Waals surface area contributed by atoms with Crippen molar-refractivity contribution in [3.05, 3.63) is 100 Å². The van der Waals surface area contributed by atoms with Crippen LogP contribution in [0.3, 0.4) is 0 Å². The van der Waals surface area contributed by atoms with Gasteiger partial charge in [-0.2, -0.15) is 4.98 Å². The van der Waals surface area contributed by atoms with Crippen molar-refractivity contribution in [2.75, 3.05) is 37.3 Å². The van der Waals surface area contributed by atoms with Gasteiger partial charge in [-0.3, -0.25) is 4.79 Å². The van der Waals surface area contributed by atoms with Crippen molar-refractivity contribution in [2.24, 2.45) is 0 Å². The standard InChI is InChI=1S/C30H26F2N6O4S/c1-5-25(39)36-13-14-37(19(17-36)16-33-3)28-21-15-23(32)26(20-10-6-7-11-22(20)31)34-29(21)38(30(40)35-28)27-18(2)9-8-12-24(27)43(4,41)42/h5-12,15,19H,1,13-14,16-17H2,2,4H3/t19-/m0/s1. The smallest absolute Gasteiger partial charge is 0.342 e. The number of carbonyl (C=O) groups excluding carboxylic acids is 1. The number of hydrogen-bond donors (Lipinski definition) is 0. The van der Waals surface area contributed by atoms with Crippen LogP contribution in [0.25, 0.3) is 32.8 Å². The predicted octanol–water partition coefficient (Wildman–Crippen LogP) is 3.56. The van der Waals surface area contributed by atoms with Gasteiger partial charge in [-0.15, -0.1) is 0 Å². The number of aromatic nitrogens is 3. The van der Waals surface area contributed by atoms with E-state index in [1.165, 1.54) is 41.3 Å². The number of aryl methyl sites for hydroxylation is 1. The molecule has 0 aliphatic carbocycles. The number of hydrogen-bond acceptors (Lipinski definition) is 7. The highest BCUT2D eigenvalue weighted by atomic mass is 32.2. The van der Waals surface area contributed by atoms with Gasteiger partial charge in [0.1, 0.15) is 29.2 Å². The summed E-state index contributed by atoms with van der Waals surface area (Å²) < 4.78 is 57.3. The Morgan fingerprint density at radius 1 is 1.14 bits per heavy atom. The van der Waals surface area contributed by atoms with E-state index in [4.69, 9.17) is 6.57 Å². The molecular formula is C30H26F2N6O4S. The van der Waals surface area contributed by atoms with Crippen molar-refractivity contribution in [1.29, 1.82) is 0 Å². The summed E-state index contributed by atoms with van der Waals surface area (Å²) in [6.45, 7) is 13.0. The molecule has 3 heterocycles. The number of carbonyl (C=O) groups is 1. The summed E-state index contributed by atoms with van der Waals surface area (Å²) in [6.07, 6.45) is 2.17. The third-order valence-corrected chi connectivity index (χ3v) is 8.43. The van der Waals surface area contributed by atoms with E-state index in [9.17, 15) is 22.4 Å². The lowest BCUT2D eigenvalue weighted by atomic mass is 10.1. The molecule has 1 saturated heterocycles. The highest BCUT2D eigenvalue weighted by Crippen LogP contribution is 2.34. The Morgan fingerprint density at radius 2 is 1.88 bits per heavy atom. The van der Waals surface area contributed by atoms with Gasteiger partial charge in [0.25, 0.3) is 0 Å². The van der Waals surface area contributed by atoms with Crippen molar-refractivity contribution in [1.82, 2.24) is 19.4 Å². The number of benzene rings is 2. The maximum absolute atomic E-state index is 15.8. The average molecular weight is 605 g/mol. The van der Waals surface area contributed by atoms with Crippen LogP contribution >= 0.6 is 0 Å². The minimum absolute atomic E-state index is 0.0107. The molecule has 1 amide bonds. The van der Waals surface area contributed by atoms with E-state index in [0.29, 0.717) is 5.56 Å². The minimum atomic E-state index is -3.87. The van der Waals surface area contributed by atoms with E-state index in [1.54, 1.807) is 17.9 Å². The molecule has 1 fully saturated rings. The van der Waals surface area contributed by atoms with Gasteiger partial charge in [-0.25, -0.2) is 38.1 Å². The third kappa shape index (κ3) is 5.37. The van der Waals surface area contributed by atoms with Gasteiger partial charge in [0, 0.05) is 31.5 Å². The number of anilines is 1. The van der Waals surface area contributed by atoms with Crippen LogP contribution in [0.4, 0.5) is 14.6 Å². The number of fused-ring (bicyclic) bond motifs is 1. The van der Waals surface area contributed by atoms with Crippen molar-refractivity contribution in [3.8, 4) is 16.9 Å². The van der Waals surface area contributed by atoms with Gasteiger partial charge in [0.05, 0.1) is 16.0 Å². The fourth-order valence-electron chi connectivity index (χ4n) is 5.31. The van der Waals surface area contributed by atoms with Crippen LogP contribution in [0, 0.1) is 25.1 Å². The first kappa shape index (κ1) is 29.5. The maximum Gasteiger partial charge on any atom is 0.355 e. The number of pyridine rings is 1. The van der Waals surface area contributed by atoms with Crippen LogP contribution in [-0.4, -0.2) is 72.2 Å². The number of para-hydroxylation sites is 1. The Hall–Kier alpha value is -4.96. The van der Waals surface area contributed by atoms with E-state index >= 15 is 4.39 Å². The normalized spacial score (nSPS) is 15.4. The Balaban J connectivity index is 1.86. The SMILES string of the molecule is [C-]#[N+]C[C@H]1CN(C(=O)C=C)CCN1c1nc(=O)n(-c2c(C)cccc2S(C)(=O)=O)c2nc(-c3ccccc3F)c(F)cc12. The van der Waals surface area contributed by atoms with Gasteiger partial charge in [-0.05, 0) is 42.8 Å².